The summed E-state index contributed by atoms with van der Waals surface area (Å²) in [5.74, 6) is 0.310. The first-order chi connectivity index (χ1) is 10.2. The fraction of sp³-hybridized carbons (Fsp3) is 0.0588. The molecule has 106 valence electrons. The van der Waals surface area contributed by atoms with E-state index in [1.807, 2.05) is 42.5 Å². The first-order valence-electron chi connectivity index (χ1n) is 6.54. The number of anilines is 1. The van der Waals surface area contributed by atoms with Crippen molar-refractivity contribution >= 4 is 17.3 Å². The highest BCUT2D eigenvalue weighted by Crippen LogP contribution is 2.28. The molecule has 0 aliphatic rings. The molecule has 0 saturated heterocycles. The van der Waals surface area contributed by atoms with Crippen LogP contribution in [0, 0.1) is 5.82 Å². The van der Waals surface area contributed by atoms with Gasteiger partial charge >= 0.3 is 0 Å². The fourth-order valence-corrected chi connectivity index (χ4v) is 2.29. The minimum absolute atomic E-state index is 0.106. The Labute approximate surface area is 127 Å². The molecule has 0 aliphatic carbocycles. The van der Waals surface area contributed by atoms with Crippen LogP contribution in [0.2, 0.25) is 5.02 Å². The van der Waals surface area contributed by atoms with Gasteiger partial charge in [0, 0.05) is 5.69 Å². The van der Waals surface area contributed by atoms with Crippen molar-refractivity contribution in [2.24, 2.45) is 0 Å². The Bertz CT molecular complexity index is 713. The summed E-state index contributed by atoms with van der Waals surface area (Å²) in [5.41, 5.74) is 1.67. The van der Waals surface area contributed by atoms with Crippen molar-refractivity contribution in [3.63, 3.8) is 0 Å². The van der Waals surface area contributed by atoms with Gasteiger partial charge < -0.3 is 9.73 Å². The number of hydrogen-bond acceptors (Lipinski definition) is 2. The second kappa shape index (κ2) is 6.02. The smallest absolute Gasteiger partial charge is 0.143 e. The SMILES string of the molecule is Fc1cc(NC(c2ccccc2)c2ccco2)ccc1Cl. The first-order valence-corrected chi connectivity index (χ1v) is 6.92. The van der Waals surface area contributed by atoms with Gasteiger partial charge in [-0.3, -0.25) is 0 Å². The average molecular weight is 302 g/mol. The van der Waals surface area contributed by atoms with Crippen molar-refractivity contribution in [2.75, 3.05) is 5.32 Å². The summed E-state index contributed by atoms with van der Waals surface area (Å²) in [6, 6.07) is 18.0. The molecule has 0 saturated carbocycles. The van der Waals surface area contributed by atoms with Crippen LogP contribution in [0.3, 0.4) is 0 Å². The van der Waals surface area contributed by atoms with E-state index in [-0.39, 0.29) is 11.1 Å². The molecule has 1 unspecified atom stereocenters. The third-order valence-electron chi connectivity index (χ3n) is 3.19. The zero-order valence-electron chi connectivity index (χ0n) is 11.1. The quantitative estimate of drug-likeness (QED) is 0.710. The standard InChI is InChI=1S/C17H13ClFNO/c18-14-9-8-13(11-15(14)19)20-17(16-7-4-10-21-16)12-5-2-1-3-6-12/h1-11,17,20H. The van der Waals surface area contributed by atoms with Crippen LogP contribution in [0.4, 0.5) is 10.1 Å². The van der Waals surface area contributed by atoms with Gasteiger partial charge in [-0.2, -0.15) is 0 Å². The molecule has 1 N–H and O–H groups in total. The Morgan fingerprint density at radius 2 is 1.81 bits per heavy atom. The lowest BCUT2D eigenvalue weighted by Crippen LogP contribution is -2.11. The molecular formula is C17H13ClFNO. The molecule has 0 bridgehead atoms. The van der Waals surface area contributed by atoms with Gasteiger partial charge in [0.1, 0.15) is 17.6 Å². The number of rotatable bonds is 4. The van der Waals surface area contributed by atoms with Gasteiger partial charge in [-0.1, -0.05) is 41.9 Å². The monoisotopic (exact) mass is 301 g/mol. The van der Waals surface area contributed by atoms with Crippen molar-refractivity contribution in [1.29, 1.82) is 0 Å². The molecule has 2 nitrogen and oxygen atoms in total. The highest BCUT2D eigenvalue weighted by molar-refractivity contribution is 6.30. The maximum absolute atomic E-state index is 13.6. The summed E-state index contributed by atoms with van der Waals surface area (Å²) in [7, 11) is 0. The van der Waals surface area contributed by atoms with Gasteiger partial charge in [-0.25, -0.2) is 4.39 Å². The van der Waals surface area contributed by atoms with E-state index in [1.165, 1.54) is 12.1 Å². The third kappa shape index (κ3) is 3.09. The molecule has 2 aromatic carbocycles. The molecule has 1 atom stereocenters. The lowest BCUT2D eigenvalue weighted by atomic mass is 10.0. The predicted molar refractivity (Wildman–Crippen MR) is 82.0 cm³/mol. The maximum Gasteiger partial charge on any atom is 0.143 e. The van der Waals surface area contributed by atoms with Gasteiger partial charge in [0.25, 0.3) is 0 Å². The van der Waals surface area contributed by atoms with Crippen molar-refractivity contribution in [1.82, 2.24) is 0 Å². The second-order valence-corrected chi connectivity index (χ2v) is 5.04. The van der Waals surface area contributed by atoms with E-state index in [0.29, 0.717) is 5.69 Å². The Balaban J connectivity index is 1.95. The lowest BCUT2D eigenvalue weighted by Gasteiger charge is -2.18. The summed E-state index contributed by atoms with van der Waals surface area (Å²) in [4.78, 5) is 0. The Morgan fingerprint density at radius 3 is 2.48 bits per heavy atom. The van der Waals surface area contributed by atoms with Crippen LogP contribution in [0.5, 0.6) is 0 Å². The van der Waals surface area contributed by atoms with Gasteiger partial charge in [-0.05, 0) is 35.9 Å². The molecule has 0 radical (unpaired) electrons. The summed E-state index contributed by atoms with van der Waals surface area (Å²) in [6.07, 6.45) is 1.62. The van der Waals surface area contributed by atoms with E-state index in [9.17, 15) is 4.39 Å². The molecular weight excluding hydrogens is 289 g/mol. The topological polar surface area (TPSA) is 25.2 Å². The zero-order valence-corrected chi connectivity index (χ0v) is 11.8. The zero-order chi connectivity index (χ0) is 14.7. The normalized spacial score (nSPS) is 12.1. The summed E-state index contributed by atoms with van der Waals surface area (Å²) in [5, 5.41) is 3.38. The van der Waals surface area contributed by atoms with E-state index in [0.717, 1.165) is 11.3 Å². The Kier molecular flexibility index (Phi) is 3.93. The highest BCUT2D eigenvalue weighted by Gasteiger charge is 2.17. The fourth-order valence-electron chi connectivity index (χ4n) is 2.17. The van der Waals surface area contributed by atoms with E-state index in [4.69, 9.17) is 16.0 Å². The van der Waals surface area contributed by atoms with Crippen LogP contribution in [0.25, 0.3) is 0 Å². The third-order valence-corrected chi connectivity index (χ3v) is 3.50. The molecule has 3 aromatic rings. The molecule has 21 heavy (non-hydrogen) atoms. The lowest BCUT2D eigenvalue weighted by molar-refractivity contribution is 0.499. The van der Waals surface area contributed by atoms with Crippen molar-refractivity contribution in [3.8, 4) is 0 Å². The summed E-state index contributed by atoms with van der Waals surface area (Å²) < 4.78 is 19.1. The van der Waals surface area contributed by atoms with E-state index >= 15 is 0 Å². The minimum Gasteiger partial charge on any atom is -0.467 e. The number of furan rings is 1. The van der Waals surface area contributed by atoms with Crippen LogP contribution in [0.15, 0.2) is 71.3 Å². The van der Waals surface area contributed by atoms with Crippen molar-refractivity contribution in [2.45, 2.75) is 6.04 Å². The molecule has 0 amide bonds. The molecule has 0 aliphatic heterocycles. The summed E-state index contributed by atoms with van der Waals surface area (Å²) in [6.45, 7) is 0. The number of benzene rings is 2. The van der Waals surface area contributed by atoms with Crippen LogP contribution >= 0.6 is 11.6 Å². The summed E-state index contributed by atoms with van der Waals surface area (Å²) >= 11 is 5.71. The molecule has 4 heteroatoms. The molecule has 0 fully saturated rings. The van der Waals surface area contributed by atoms with Crippen molar-refractivity contribution < 1.29 is 8.81 Å². The van der Waals surface area contributed by atoms with Crippen LogP contribution < -0.4 is 5.32 Å². The Hall–Kier alpha value is -2.26. The number of hydrogen-bond donors (Lipinski definition) is 1. The molecule has 3 rings (SSSR count). The van der Waals surface area contributed by atoms with E-state index < -0.39 is 5.82 Å². The van der Waals surface area contributed by atoms with Gasteiger partial charge in [0.15, 0.2) is 0 Å². The predicted octanol–water partition coefficient (Wildman–Crippen LogP) is 5.27. The van der Waals surface area contributed by atoms with Crippen LogP contribution in [-0.4, -0.2) is 0 Å². The van der Waals surface area contributed by atoms with Crippen molar-refractivity contribution in [3.05, 3.63) is 89.1 Å². The molecule has 1 aromatic heterocycles. The molecule has 0 spiro atoms. The van der Waals surface area contributed by atoms with Gasteiger partial charge in [-0.15, -0.1) is 0 Å². The molecule has 1 heterocycles. The van der Waals surface area contributed by atoms with E-state index in [2.05, 4.69) is 5.32 Å². The average Bonchev–Trinajstić information content (AvgIpc) is 3.03. The highest BCUT2D eigenvalue weighted by atomic mass is 35.5. The second-order valence-electron chi connectivity index (χ2n) is 4.63. The van der Waals surface area contributed by atoms with Gasteiger partial charge in [0.2, 0.25) is 0 Å². The van der Waals surface area contributed by atoms with Crippen LogP contribution in [0.1, 0.15) is 17.4 Å². The largest absolute Gasteiger partial charge is 0.467 e. The van der Waals surface area contributed by atoms with E-state index in [1.54, 1.807) is 12.3 Å². The maximum atomic E-state index is 13.6. The Morgan fingerprint density at radius 1 is 1.00 bits per heavy atom. The number of nitrogens with one attached hydrogen (secondary N) is 1. The number of halogens is 2. The minimum atomic E-state index is -0.451. The first kappa shape index (κ1) is 13.7. The van der Waals surface area contributed by atoms with Gasteiger partial charge in [0.05, 0.1) is 11.3 Å². The van der Waals surface area contributed by atoms with Crippen LogP contribution in [-0.2, 0) is 0 Å².